The van der Waals surface area contributed by atoms with Crippen molar-refractivity contribution >= 4 is 6.47 Å². The Morgan fingerprint density at radius 2 is 1.85 bits per heavy atom. The molecule has 0 N–H and O–H groups in total. The van der Waals surface area contributed by atoms with Gasteiger partial charge in [-0.05, 0) is 5.92 Å². The van der Waals surface area contributed by atoms with Crippen molar-refractivity contribution in [1.29, 1.82) is 0 Å². The Morgan fingerprint density at radius 1 is 1.31 bits per heavy atom. The van der Waals surface area contributed by atoms with Crippen LogP contribution in [-0.2, 0) is 9.53 Å². The van der Waals surface area contributed by atoms with Crippen LogP contribution in [0.15, 0.2) is 0 Å². The molecule has 1 aliphatic carbocycles. The lowest BCUT2D eigenvalue weighted by Gasteiger charge is -2.20. The Labute approximate surface area is 81.7 Å². The number of carbonyl (C=O) groups is 1. The summed E-state index contributed by atoms with van der Waals surface area (Å²) in [6, 6.07) is 0. The molecule has 13 heavy (non-hydrogen) atoms. The fraction of sp³-hybridized carbons (Fsp3) is 0.909. The first kappa shape index (κ1) is 12.5. The third-order valence-corrected chi connectivity index (χ3v) is 2.52. The quantitative estimate of drug-likeness (QED) is 0.633. The van der Waals surface area contributed by atoms with Gasteiger partial charge in [0, 0.05) is 0 Å². The molecular formula is C11H22O2. The maximum Gasteiger partial charge on any atom is 0.292 e. The van der Waals surface area contributed by atoms with E-state index in [1.165, 1.54) is 52.1 Å². The topological polar surface area (TPSA) is 26.3 Å². The molecule has 0 aromatic heterocycles. The van der Waals surface area contributed by atoms with Crippen molar-refractivity contribution in [2.75, 3.05) is 7.11 Å². The predicted octanol–water partition coefficient (Wildman–Crippen LogP) is 3.16. The van der Waals surface area contributed by atoms with Crippen LogP contribution in [0, 0.1) is 5.92 Å². The maximum atomic E-state index is 8.95. The van der Waals surface area contributed by atoms with Crippen LogP contribution in [0.4, 0.5) is 0 Å². The van der Waals surface area contributed by atoms with E-state index in [1.54, 1.807) is 0 Å². The second kappa shape index (κ2) is 9.56. The fourth-order valence-corrected chi connectivity index (χ4v) is 1.88. The molecule has 1 saturated carbocycles. The van der Waals surface area contributed by atoms with Crippen molar-refractivity contribution in [2.24, 2.45) is 5.92 Å². The SMILES string of the molecule is CCCC1CCCCC1.COC=O. The molecule has 1 fully saturated rings. The Bertz CT molecular complexity index is 104. The van der Waals surface area contributed by atoms with Crippen LogP contribution in [0.25, 0.3) is 0 Å². The highest BCUT2D eigenvalue weighted by Crippen LogP contribution is 2.26. The Balaban J connectivity index is 0.000000310. The summed E-state index contributed by atoms with van der Waals surface area (Å²) >= 11 is 0. The lowest BCUT2D eigenvalue weighted by molar-refractivity contribution is -0.126. The van der Waals surface area contributed by atoms with Crippen LogP contribution in [0.1, 0.15) is 51.9 Å². The zero-order valence-corrected chi connectivity index (χ0v) is 8.92. The molecule has 78 valence electrons. The average molecular weight is 186 g/mol. The van der Waals surface area contributed by atoms with Gasteiger partial charge in [-0.15, -0.1) is 0 Å². The van der Waals surface area contributed by atoms with Crippen molar-refractivity contribution in [3.05, 3.63) is 0 Å². The first-order chi connectivity index (χ1) is 6.35. The Morgan fingerprint density at radius 3 is 2.23 bits per heavy atom. The number of hydrogen-bond donors (Lipinski definition) is 0. The van der Waals surface area contributed by atoms with E-state index in [0.29, 0.717) is 6.47 Å². The summed E-state index contributed by atoms with van der Waals surface area (Å²) in [6.45, 7) is 2.68. The smallest absolute Gasteiger partial charge is 0.292 e. The van der Waals surface area contributed by atoms with E-state index in [1.807, 2.05) is 0 Å². The molecule has 0 unspecified atom stereocenters. The molecule has 1 aliphatic rings. The van der Waals surface area contributed by atoms with Crippen molar-refractivity contribution < 1.29 is 9.53 Å². The highest BCUT2D eigenvalue weighted by atomic mass is 16.5. The van der Waals surface area contributed by atoms with Gasteiger partial charge >= 0.3 is 0 Å². The summed E-state index contributed by atoms with van der Waals surface area (Å²) < 4.78 is 3.86. The van der Waals surface area contributed by atoms with Crippen molar-refractivity contribution in [3.8, 4) is 0 Å². The number of rotatable bonds is 3. The zero-order chi connectivity index (χ0) is 9.94. The normalized spacial score (nSPS) is 17.1. The van der Waals surface area contributed by atoms with Crippen molar-refractivity contribution in [2.45, 2.75) is 51.9 Å². The van der Waals surface area contributed by atoms with Gasteiger partial charge in [0.25, 0.3) is 6.47 Å². The second-order valence-electron chi connectivity index (χ2n) is 3.62. The summed E-state index contributed by atoms with van der Waals surface area (Å²) in [5, 5.41) is 0. The molecule has 0 aromatic rings. The highest BCUT2D eigenvalue weighted by molar-refractivity contribution is 5.36. The van der Waals surface area contributed by atoms with Gasteiger partial charge in [0.05, 0.1) is 7.11 Å². The van der Waals surface area contributed by atoms with E-state index in [-0.39, 0.29) is 0 Å². The predicted molar refractivity (Wildman–Crippen MR) is 54.6 cm³/mol. The Hall–Kier alpha value is -0.530. The lowest BCUT2D eigenvalue weighted by Crippen LogP contribution is -2.04. The molecule has 0 aliphatic heterocycles. The van der Waals surface area contributed by atoms with Crippen LogP contribution in [-0.4, -0.2) is 13.6 Å². The van der Waals surface area contributed by atoms with Crippen molar-refractivity contribution in [1.82, 2.24) is 0 Å². The third-order valence-electron chi connectivity index (χ3n) is 2.52. The Kier molecular flexibility index (Phi) is 9.17. The van der Waals surface area contributed by atoms with Crippen LogP contribution in [0.3, 0.4) is 0 Å². The molecule has 0 aromatic carbocycles. The molecule has 1 rings (SSSR count). The maximum absolute atomic E-state index is 8.95. The minimum absolute atomic E-state index is 0.375. The second-order valence-corrected chi connectivity index (χ2v) is 3.62. The summed E-state index contributed by atoms with van der Waals surface area (Å²) in [6.07, 6.45) is 10.4. The number of hydrogen-bond acceptors (Lipinski definition) is 2. The molecule has 2 nitrogen and oxygen atoms in total. The average Bonchev–Trinajstić information content (AvgIpc) is 2.20. The van der Waals surface area contributed by atoms with E-state index in [9.17, 15) is 0 Å². The van der Waals surface area contributed by atoms with E-state index in [4.69, 9.17) is 4.79 Å². The lowest BCUT2D eigenvalue weighted by atomic mass is 9.86. The molecule has 0 atom stereocenters. The zero-order valence-electron chi connectivity index (χ0n) is 8.92. The van der Waals surface area contributed by atoms with Gasteiger partial charge < -0.3 is 4.74 Å². The van der Waals surface area contributed by atoms with Crippen LogP contribution < -0.4 is 0 Å². The molecule has 0 spiro atoms. The summed E-state index contributed by atoms with van der Waals surface area (Å²) in [5.41, 5.74) is 0. The van der Waals surface area contributed by atoms with Crippen LogP contribution in [0.2, 0.25) is 0 Å². The number of methoxy groups -OCH3 is 1. The minimum atomic E-state index is 0.375. The highest BCUT2D eigenvalue weighted by Gasteiger charge is 2.10. The van der Waals surface area contributed by atoms with Gasteiger partial charge in [0.15, 0.2) is 0 Å². The fourth-order valence-electron chi connectivity index (χ4n) is 1.88. The summed E-state index contributed by atoms with van der Waals surface area (Å²) in [4.78, 5) is 8.95. The van der Waals surface area contributed by atoms with Gasteiger partial charge in [-0.1, -0.05) is 51.9 Å². The molecule has 0 radical (unpaired) electrons. The van der Waals surface area contributed by atoms with Crippen LogP contribution in [0.5, 0.6) is 0 Å². The molecule has 0 bridgehead atoms. The first-order valence-corrected chi connectivity index (χ1v) is 5.31. The van der Waals surface area contributed by atoms with E-state index < -0.39 is 0 Å². The summed E-state index contributed by atoms with van der Waals surface area (Å²) in [7, 11) is 1.31. The molecule has 0 heterocycles. The third kappa shape index (κ3) is 7.82. The van der Waals surface area contributed by atoms with Gasteiger partial charge in [0.1, 0.15) is 0 Å². The number of ether oxygens (including phenoxy) is 1. The van der Waals surface area contributed by atoms with E-state index in [2.05, 4.69) is 11.7 Å². The van der Waals surface area contributed by atoms with Gasteiger partial charge in [-0.2, -0.15) is 0 Å². The minimum Gasteiger partial charge on any atom is -0.471 e. The van der Waals surface area contributed by atoms with Gasteiger partial charge in [-0.25, -0.2) is 0 Å². The molecule has 2 heteroatoms. The number of carbonyl (C=O) groups excluding carboxylic acids is 1. The van der Waals surface area contributed by atoms with Gasteiger partial charge in [0.2, 0.25) is 0 Å². The first-order valence-electron chi connectivity index (χ1n) is 5.31. The van der Waals surface area contributed by atoms with Crippen LogP contribution >= 0.6 is 0 Å². The largest absolute Gasteiger partial charge is 0.471 e. The summed E-state index contributed by atoms with van der Waals surface area (Å²) in [5.74, 6) is 1.10. The molecule has 0 amide bonds. The van der Waals surface area contributed by atoms with Gasteiger partial charge in [-0.3, -0.25) is 4.79 Å². The molecule has 0 saturated heterocycles. The monoisotopic (exact) mass is 186 g/mol. The molecular weight excluding hydrogens is 164 g/mol. The van der Waals surface area contributed by atoms with E-state index >= 15 is 0 Å². The van der Waals surface area contributed by atoms with Crippen molar-refractivity contribution in [3.63, 3.8) is 0 Å². The van der Waals surface area contributed by atoms with E-state index in [0.717, 1.165) is 5.92 Å². The standard InChI is InChI=1S/C9H18.C2H4O2/c1-2-6-9-7-4-3-5-8-9;1-4-2-3/h9H,2-8H2,1H3;2H,1H3.